The molecular weight excluding hydrogens is 302 g/mol. The number of ether oxygens (including phenoxy) is 1. The van der Waals surface area contributed by atoms with Gasteiger partial charge in [0.05, 0.1) is 17.3 Å². The lowest BCUT2D eigenvalue weighted by atomic mass is 10.0. The number of hydrogen-bond acceptors (Lipinski definition) is 5. The molecule has 0 unspecified atom stereocenters. The maximum absolute atomic E-state index is 6.27. The van der Waals surface area contributed by atoms with E-state index in [1.54, 1.807) is 0 Å². The summed E-state index contributed by atoms with van der Waals surface area (Å²) in [5, 5.41) is 4.86. The Morgan fingerprint density at radius 3 is 2.77 bits per heavy atom. The van der Waals surface area contributed by atoms with Crippen LogP contribution in [-0.2, 0) is 11.3 Å². The van der Waals surface area contributed by atoms with Crippen molar-refractivity contribution < 1.29 is 9.26 Å². The van der Waals surface area contributed by atoms with Crippen LogP contribution >= 0.6 is 11.6 Å². The average Bonchev–Trinajstić information content (AvgIpc) is 3.03. The van der Waals surface area contributed by atoms with Gasteiger partial charge < -0.3 is 14.2 Å². The number of hydrogen-bond donors (Lipinski definition) is 0. The molecule has 2 aromatic rings. The number of para-hydroxylation sites is 1. The van der Waals surface area contributed by atoms with Gasteiger partial charge in [0.1, 0.15) is 0 Å². The molecule has 1 aromatic carbocycles. The Hall–Kier alpha value is -1.59. The fourth-order valence-corrected chi connectivity index (χ4v) is 2.94. The number of rotatable bonds is 5. The molecule has 0 spiro atoms. The minimum Gasteiger partial charge on any atom is -0.381 e. The lowest BCUT2D eigenvalue weighted by molar-refractivity contribution is 0.0778. The topological polar surface area (TPSA) is 51.4 Å². The maximum Gasteiger partial charge on any atom is 0.229 e. The van der Waals surface area contributed by atoms with Crippen LogP contribution in [0.4, 0.5) is 5.69 Å². The van der Waals surface area contributed by atoms with Crippen molar-refractivity contribution in [2.75, 3.05) is 24.7 Å². The molecule has 6 heteroatoms. The van der Waals surface area contributed by atoms with E-state index >= 15 is 0 Å². The van der Waals surface area contributed by atoms with Crippen LogP contribution in [0.3, 0.4) is 0 Å². The minimum absolute atomic E-state index is 0.324. The van der Waals surface area contributed by atoms with Gasteiger partial charge in [0.25, 0.3) is 0 Å². The van der Waals surface area contributed by atoms with Gasteiger partial charge in [-0.15, -0.1) is 0 Å². The van der Waals surface area contributed by atoms with Crippen molar-refractivity contribution in [1.29, 1.82) is 0 Å². The number of aromatic nitrogens is 2. The van der Waals surface area contributed by atoms with E-state index in [0.717, 1.165) is 49.2 Å². The fourth-order valence-electron chi connectivity index (χ4n) is 2.69. The van der Waals surface area contributed by atoms with Crippen LogP contribution in [0, 0.1) is 0 Å². The smallest absolute Gasteiger partial charge is 0.229 e. The first-order valence-electron chi connectivity index (χ1n) is 7.67. The summed E-state index contributed by atoms with van der Waals surface area (Å²) in [6.07, 6.45) is 1.90. The molecule has 1 aromatic heterocycles. The van der Waals surface area contributed by atoms with Crippen molar-refractivity contribution in [3.63, 3.8) is 0 Å². The van der Waals surface area contributed by atoms with Gasteiger partial charge in [-0.3, -0.25) is 0 Å². The van der Waals surface area contributed by atoms with Crippen LogP contribution in [0.5, 0.6) is 0 Å². The number of halogens is 1. The highest BCUT2D eigenvalue weighted by Crippen LogP contribution is 2.28. The van der Waals surface area contributed by atoms with E-state index in [9.17, 15) is 0 Å². The molecule has 0 atom stereocenters. The Kier molecular flexibility index (Phi) is 4.95. The maximum atomic E-state index is 6.27. The molecule has 1 saturated heterocycles. The highest BCUT2D eigenvalue weighted by Gasteiger charge is 2.22. The molecule has 0 bridgehead atoms. The van der Waals surface area contributed by atoms with Crippen LogP contribution in [0.1, 0.15) is 37.4 Å². The second-order valence-electron chi connectivity index (χ2n) is 5.40. The predicted molar refractivity (Wildman–Crippen MR) is 85.3 cm³/mol. The normalized spacial score (nSPS) is 15.9. The average molecular weight is 322 g/mol. The first-order chi connectivity index (χ1) is 10.8. The summed E-state index contributed by atoms with van der Waals surface area (Å²) >= 11 is 6.27. The zero-order valence-corrected chi connectivity index (χ0v) is 13.4. The van der Waals surface area contributed by atoms with Crippen LogP contribution in [0.15, 0.2) is 28.8 Å². The van der Waals surface area contributed by atoms with Gasteiger partial charge in [0, 0.05) is 25.7 Å². The zero-order chi connectivity index (χ0) is 15.4. The van der Waals surface area contributed by atoms with E-state index in [1.807, 2.05) is 24.3 Å². The SMILES string of the molecule is CCN(Cc1noc(C2CCOCC2)n1)c1ccccc1Cl. The molecule has 1 fully saturated rings. The van der Waals surface area contributed by atoms with Gasteiger partial charge in [-0.05, 0) is 31.9 Å². The monoisotopic (exact) mass is 321 g/mol. The fraction of sp³-hybridized carbons (Fsp3) is 0.500. The highest BCUT2D eigenvalue weighted by molar-refractivity contribution is 6.33. The molecule has 1 aliphatic rings. The quantitative estimate of drug-likeness (QED) is 0.841. The van der Waals surface area contributed by atoms with Gasteiger partial charge >= 0.3 is 0 Å². The summed E-state index contributed by atoms with van der Waals surface area (Å²) in [6.45, 7) is 5.03. The van der Waals surface area contributed by atoms with E-state index in [0.29, 0.717) is 18.3 Å². The van der Waals surface area contributed by atoms with E-state index in [4.69, 9.17) is 20.9 Å². The third-order valence-electron chi connectivity index (χ3n) is 3.96. The summed E-state index contributed by atoms with van der Waals surface area (Å²) < 4.78 is 10.8. The van der Waals surface area contributed by atoms with E-state index in [2.05, 4.69) is 22.0 Å². The predicted octanol–water partition coefficient (Wildman–Crippen LogP) is 3.64. The van der Waals surface area contributed by atoms with Crippen LogP contribution in [0.25, 0.3) is 0 Å². The van der Waals surface area contributed by atoms with Gasteiger partial charge in [-0.25, -0.2) is 0 Å². The summed E-state index contributed by atoms with van der Waals surface area (Å²) in [6, 6.07) is 7.80. The van der Waals surface area contributed by atoms with E-state index < -0.39 is 0 Å². The van der Waals surface area contributed by atoms with Crippen molar-refractivity contribution in [1.82, 2.24) is 10.1 Å². The summed E-state index contributed by atoms with van der Waals surface area (Å²) in [7, 11) is 0. The Labute approximate surface area is 135 Å². The van der Waals surface area contributed by atoms with Crippen molar-refractivity contribution in [3.05, 3.63) is 41.0 Å². The highest BCUT2D eigenvalue weighted by atomic mass is 35.5. The minimum atomic E-state index is 0.324. The molecule has 118 valence electrons. The third-order valence-corrected chi connectivity index (χ3v) is 4.28. The standard InChI is InChI=1S/C16H20ClN3O2/c1-2-20(14-6-4-3-5-13(14)17)11-15-18-16(22-19-15)12-7-9-21-10-8-12/h3-6,12H,2,7-11H2,1H3. The molecule has 0 N–H and O–H groups in total. The van der Waals surface area contributed by atoms with Gasteiger partial charge in [-0.2, -0.15) is 4.98 Å². The molecule has 0 aliphatic carbocycles. The van der Waals surface area contributed by atoms with Crippen molar-refractivity contribution in [2.45, 2.75) is 32.2 Å². The van der Waals surface area contributed by atoms with Crippen molar-refractivity contribution in [3.8, 4) is 0 Å². The third kappa shape index (κ3) is 3.42. The second kappa shape index (κ2) is 7.11. The number of benzene rings is 1. The Bertz CT molecular complexity index is 611. The van der Waals surface area contributed by atoms with E-state index in [1.165, 1.54) is 0 Å². The molecule has 22 heavy (non-hydrogen) atoms. The zero-order valence-electron chi connectivity index (χ0n) is 12.7. The molecule has 0 amide bonds. The second-order valence-corrected chi connectivity index (χ2v) is 5.81. The van der Waals surface area contributed by atoms with Crippen molar-refractivity contribution in [2.24, 2.45) is 0 Å². The Morgan fingerprint density at radius 1 is 1.27 bits per heavy atom. The van der Waals surface area contributed by atoms with Crippen LogP contribution in [-0.4, -0.2) is 29.9 Å². The van der Waals surface area contributed by atoms with E-state index in [-0.39, 0.29) is 0 Å². The number of anilines is 1. The largest absolute Gasteiger partial charge is 0.381 e. The summed E-state index contributed by atoms with van der Waals surface area (Å²) in [4.78, 5) is 6.70. The molecule has 3 rings (SSSR count). The van der Waals surface area contributed by atoms with Gasteiger partial charge in [-0.1, -0.05) is 28.9 Å². The first-order valence-corrected chi connectivity index (χ1v) is 8.05. The van der Waals surface area contributed by atoms with Crippen LogP contribution < -0.4 is 4.90 Å². The Morgan fingerprint density at radius 2 is 2.05 bits per heavy atom. The summed E-state index contributed by atoms with van der Waals surface area (Å²) in [5.74, 6) is 1.75. The van der Waals surface area contributed by atoms with Gasteiger partial charge in [0.15, 0.2) is 5.82 Å². The number of nitrogens with zero attached hydrogens (tertiary/aromatic N) is 3. The van der Waals surface area contributed by atoms with Gasteiger partial charge in [0.2, 0.25) is 5.89 Å². The molecule has 0 saturated carbocycles. The lowest BCUT2D eigenvalue weighted by Crippen LogP contribution is -2.23. The van der Waals surface area contributed by atoms with Crippen molar-refractivity contribution >= 4 is 17.3 Å². The first kappa shape index (κ1) is 15.3. The Balaban J connectivity index is 1.71. The molecule has 2 heterocycles. The molecule has 1 aliphatic heterocycles. The lowest BCUT2D eigenvalue weighted by Gasteiger charge is -2.22. The molecule has 5 nitrogen and oxygen atoms in total. The molecular formula is C16H20ClN3O2. The summed E-state index contributed by atoms with van der Waals surface area (Å²) in [5.41, 5.74) is 0.990. The van der Waals surface area contributed by atoms with Crippen LogP contribution in [0.2, 0.25) is 5.02 Å². The molecule has 0 radical (unpaired) electrons.